The Hall–Kier alpha value is -3.40. The Morgan fingerprint density at radius 1 is 0.969 bits per heavy atom. The minimum Gasteiger partial charge on any atom is -0.465 e. The standard InChI is InChI=1S/C22H26N2O7S/c1-6-19(24(32(5,28)29)18-9-7-14(2)8-10-18)20(25)23-17-12-15(21(26)30-3)11-16(13-17)22(27)31-4/h7-13,19H,6H2,1-5H3,(H,23,25)/t19-/m0/s1. The number of hydrogen-bond donors (Lipinski definition) is 1. The molecule has 0 aliphatic carbocycles. The van der Waals surface area contributed by atoms with Crippen LogP contribution < -0.4 is 9.62 Å². The number of benzene rings is 2. The number of amides is 1. The van der Waals surface area contributed by atoms with Crippen molar-refractivity contribution in [1.29, 1.82) is 0 Å². The van der Waals surface area contributed by atoms with Crippen molar-refractivity contribution >= 4 is 39.2 Å². The number of carbonyl (C=O) groups excluding carboxylic acids is 3. The molecular formula is C22H26N2O7S. The molecular weight excluding hydrogens is 436 g/mol. The molecule has 0 spiro atoms. The van der Waals surface area contributed by atoms with Crippen molar-refractivity contribution in [2.75, 3.05) is 30.1 Å². The third-order valence-electron chi connectivity index (χ3n) is 4.66. The van der Waals surface area contributed by atoms with E-state index in [2.05, 4.69) is 5.32 Å². The van der Waals surface area contributed by atoms with Crippen LogP contribution in [-0.4, -0.2) is 52.8 Å². The number of nitrogens with zero attached hydrogens (tertiary/aromatic N) is 1. The van der Waals surface area contributed by atoms with Gasteiger partial charge in [0.1, 0.15) is 6.04 Å². The molecule has 32 heavy (non-hydrogen) atoms. The van der Waals surface area contributed by atoms with Crippen LogP contribution in [0, 0.1) is 6.92 Å². The Morgan fingerprint density at radius 3 is 1.88 bits per heavy atom. The number of hydrogen-bond acceptors (Lipinski definition) is 7. The first-order valence-corrected chi connectivity index (χ1v) is 11.5. The summed E-state index contributed by atoms with van der Waals surface area (Å²) in [6.45, 7) is 3.55. The molecule has 0 radical (unpaired) electrons. The van der Waals surface area contributed by atoms with Crippen LogP contribution in [0.15, 0.2) is 42.5 Å². The molecule has 0 heterocycles. The van der Waals surface area contributed by atoms with E-state index in [4.69, 9.17) is 9.47 Å². The molecule has 0 saturated carbocycles. The molecule has 0 aliphatic heterocycles. The quantitative estimate of drug-likeness (QED) is 0.599. The number of methoxy groups -OCH3 is 2. The van der Waals surface area contributed by atoms with Gasteiger partial charge in [0.25, 0.3) is 0 Å². The molecule has 2 rings (SSSR count). The zero-order valence-corrected chi connectivity index (χ0v) is 19.4. The van der Waals surface area contributed by atoms with Crippen LogP contribution in [0.2, 0.25) is 0 Å². The van der Waals surface area contributed by atoms with Crippen molar-refractivity contribution in [2.45, 2.75) is 26.3 Å². The van der Waals surface area contributed by atoms with Crippen LogP contribution in [0.4, 0.5) is 11.4 Å². The van der Waals surface area contributed by atoms with Gasteiger partial charge in [0.2, 0.25) is 15.9 Å². The van der Waals surface area contributed by atoms with E-state index in [1.807, 2.05) is 6.92 Å². The van der Waals surface area contributed by atoms with Gasteiger partial charge in [0.15, 0.2) is 0 Å². The molecule has 0 fully saturated rings. The maximum atomic E-state index is 13.1. The highest BCUT2D eigenvalue weighted by Crippen LogP contribution is 2.24. The third kappa shape index (κ3) is 5.85. The first kappa shape index (κ1) is 24.9. The monoisotopic (exact) mass is 462 g/mol. The number of esters is 2. The van der Waals surface area contributed by atoms with E-state index >= 15 is 0 Å². The first-order valence-electron chi connectivity index (χ1n) is 9.70. The van der Waals surface area contributed by atoms with Crippen LogP contribution in [0.25, 0.3) is 0 Å². The average Bonchev–Trinajstić information content (AvgIpc) is 2.75. The maximum Gasteiger partial charge on any atom is 0.337 e. The molecule has 1 amide bonds. The van der Waals surface area contributed by atoms with E-state index in [1.54, 1.807) is 31.2 Å². The fourth-order valence-electron chi connectivity index (χ4n) is 3.15. The number of anilines is 2. The molecule has 172 valence electrons. The number of rotatable bonds is 8. The highest BCUT2D eigenvalue weighted by molar-refractivity contribution is 7.92. The van der Waals surface area contributed by atoms with E-state index in [0.717, 1.165) is 16.1 Å². The molecule has 1 atom stereocenters. The summed E-state index contributed by atoms with van der Waals surface area (Å²) in [6.07, 6.45) is 1.20. The minimum atomic E-state index is -3.81. The lowest BCUT2D eigenvalue weighted by atomic mass is 10.1. The molecule has 0 unspecified atom stereocenters. The molecule has 2 aromatic rings. The van der Waals surface area contributed by atoms with E-state index in [9.17, 15) is 22.8 Å². The van der Waals surface area contributed by atoms with Gasteiger partial charge in [-0.2, -0.15) is 0 Å². The van der Waals surface area contributed by atoms with Crippen LogP contribution in [-0.2, 0) is 24.3 Å². The van der Waals surface area contributed by atoms with Gasteiger partial charge < -0.3 is 14.8 Å². The van der Waals surface area contributed by atoms with Crippen molar-refractivity contribution in [3.05, 3.63) is 59.2 Å². The molecule has 10 heteroatoms. The number of aryl methyl sites for hydroxylation is 1. The fourth-order valence-corrected chi connectivity index (χ4v) is 4.36. The minimum absolute atomic E-state index is 0.0252. The summed E-state index contributed by atoms with van der Waals surface area (Å²) in [5.41, 5.74) is 1.46. The second-order valence-electron chi connectivity index (χ2n) is 7.09. The van der Waals surface area contributed by atoms with Gasteiger partial charge in [-0.15, -0.1) is 0 Å². The lowest BCUT2D eigenvalue weighted by Crippen LogP contribution is -2.47. The van der Waals surface area contributed by atoms with Gasteiger partial charge in [0, 0.05) is 5.69 Å². The highest BCUT2D eigenvalue weighted by Gasteiger charge is 2.31. The van der Waals surface area contributed by atoms with Crippen molar-refractivity contribution < 1.29 is 32.3 Å². The summed E-state index contributed by atoms with van der Waals surface area (Å²) < 4.78 is 35.6. The van der Waals surface area contributed by atoms with Crippen molar-refractivity contribution in [2.24, 2.45) is 0 Å². The van der Waals surface area contributed by atoms with Gasteiger partial charge in [0.05, 0.1) is 37.3 Å². The summed E-state index contributed by atoms with van der Waals surface area (Å²) in [5.74, 6) is -2.05. The van der Waals surface area contributed by atoms with E-state index < -0.39 is 33.9 Å². The summed E-state index contributed by atoms with van der Waals surface area (Å²) in [4.78, 5) is 37.1. The van der Waals surface area contributed by atoms with E-state index in [0.29, 0.717) is 5.69 Å². The SMILES string of the molecule is CC[C@@H](C(=O)Nc1cc(C(=O)OC)cc(C(=O)OC)c1)N(c1ccc(C)cc1)S(C)(=O)=O. The summed E-state index contributed by atoms with van der Waals surface area (Å²) >= 11 is 0. The third-order valence-corrected chi connectivity index (χ3v) is 5.84. The molecule has 9 nitrogen and oxygen atoms in total. The lowest BCUT2D eigenvalue weighted by molar-refractivity contribution is -0.117. The number of nitrogens with one attached hydrogen (secondary N) is 1. The number of ether oxygens (including phenoxy) is 2. The Bertz CT molecular complexity index is 1080. The van der Waals surface area contributed by atoms with Crippen molar-refractivity contribution in [3.8, 4) is 0 Å². The van der Waals surface area contributed by atoms with Gasteiger partial charge >= 0.3 is 11.9 Å². The summed E-state index contributed by atoms with van der Waals surface area (Å²) in [6, 6.07) is 9.62. The second kappa shape index (κ2) is 10.3. The van der Waals surface area contributed by atoms with Crippen LogP contribution in [0.5, 0.6) is 0 Å². The zero-order chi connectivity index (χ0) is 24.1. The Morgan fingerprint density at radius 2 is 1.47 bits per heavy atom. The van der Waals surface area contributed by atoms with Gasteiger partial charge in [-0.05, 0) is 43.7 Å². The first-order chi connectivity index (χ1) is 15.0. The fraction of sp³-hybridized carbons (Fsp3) is 0.318. The Balaban J connectivity index is 2.46. The topological polar surface area (TPSA) is 119 Å². The molecule has 0 aliphatic rings. The van der Waals surface area contributed by atoms with Crippen LogP contribution in [0.1, 0.15) is 39.6 Å². The predicted molar refractivity (Wildman–Crippen MR) is 120 cm³/mol. The average molecular weight is 463 g/mol. The van der Waals surface area contributed by atoms with Gasteiger partial charge in [-0.3, -0.25) is 9.10 Å². The maximum absolute atomic E-state index is 13.1. The smallest absolute Gasteiger partial charge is 0.337 e. The number of sulfonamides is 1. The Kier molecular flexibility index (Phi) is 7.98. The van der Waals surface area contributed by atoms with E-state index in [1.165, 1.54) is 32.4 Å². The number of carbonyl (C=O) groups is 3. The normalized spacial score (nSPS) is 11.9. The van der Waals surface area contributed by atoms with Crippen molar-refractivity contribution in [3.63, 3.8) is 0 Å². The molecule has 0 aromatic heterocycles. The second-order valence-corrected chi connectivity index (χ2v) is 8.95. The van der Waals surface area contributed by atoms with E-state index in [-0.39, 0.29) is 23.2 Å². The summed E-state index contributed by atoms with van der Waals surface area (Å²) in [5, 5.41) is 2.60. The van der Waals surface area contributed by atoms with Gasteiger partial charge in [-0.1, -0.05) is 24.6 Å². The Labute approximate surface area is 187 Å². The van der Waals surface area contributed by atoms with Crippen LogP contribution >= 0.6 is 0 Å². The predicted octanol–water partition coefficient (Wildman–Crippen LogP) is 2.75. The summed E-state index contributed by atoms with van der Waals surface area (Å²) in [7, 11) is -1.44. The molecule has 2 aromatic carbocycles. The molecule has 1 N–H and O–H groups in total. The largest absolute Gasteiger partial charge is 0.465 e. The highest BCUT2D eigenvalue weighted by atomic mass is 32.2. The molecule has 0 bridgehead atoms. The lowest BCUT2D eigenvalue weighted by Gasteiger charge is -2.30. The van der Waals surface area contributed by atoms with Gasteiger partial charge in [-0.25, -0.2) is 18.0 Å². The molecule has 0 saturated heterocycles. The van der Waals surface area contributed by atoms with Crippen molar-refractivity contribution in [1.82, 2.24) is 0 Å². The van der Waals surface area contributed by atoms with Crippen LogP contribution in [0.3, 0.4) is 0 Å². The zero-order valence-electron chi connectivity index (χ0n) is 18.5.